The van der Waals surface area contributed by atoms with Gasteiger partial charge in [-0.1, -0.05) is 6.07 Å². The van der Waals surface area contributed by atoms with Gasteiger partial charge in [0.2, 0.25) is 0 Å². The zero-order valence-corrected chi connectivity index (χ0v) is 16.6. The molecule has 1 aliphatic rings. The number of aromatic nitrogens is 7. The number of H-pyrrole nitrogens is 2. The van der Waals surface area contributed by atoms with Gasteiger partial charge < -0.3 is 9.88 Å². The summed E-state index contributed by atoms with van der Waals surface area (Å²) in [4.78, 5) is 22.7. The third-order valence-electron chi connectivity index (χ3n) is 5.79. The summed E-state index contributed by atoms with van der Waals surface area (Å²) in [5.41, 5.74) is 4.50. The van der Waals surface area contributed by atoms with Crippen LogP contribution in [0.1, 0.15) is 19.3 Å². The molecule has 9 heteroatoms. The number of imidazole rings is 1. The van der Waals surface area contributed by atoms with Crippen molar-refractivity contribution in [1.29, 1.82) is 0 Å². The number of piperidine rings is 1. The second-order valence-corrected chi connectivity index (χ2v) is 7.72. The van der Waals surface area contributed by atoms with Crippen LogP contribution in [0.2, 0.25) is 0 Å². The van der Waals surface area contributed by atoms with Crippen LogP contribution in [0.5, 0.6) is 0 Å². The fraction of sp³-hybridized carbons (Fsp3) is 0.227. The molecule has 1 aromatic carbocycles. The average Bonchev–Trinajstić information content (AvgIpc) is 3.45. The van der Waals surface area contributed by atoms with Crippen LogP contribution in [0.25, 0.3) is 44.7 Å². The van der Waals surface area contributed by atoms with E-state index >= 15 is 4.39 Å². The fourth-order valence-electron chi connectivity index (χ4n) is 4.29. The van der Waals surface area contributed by atoms with E-state index < -0.39 is 5.82 Å². The highest BCUT2D eigenvalue weighted by Gasteiger charge is 2.22. The second-order valence-electron chi connectivity index (χ2n) is 7.72. The molecular formula is C22H19FN8. The molecule has 0 spiro atoms. The Morgan fingerprint density at radius 1 is 0.935 bits per heavy atom. The van der Waals surface area contributed by atoms with E-state index in [4.69, 9.17) is 4.98 Å². The number of benzene rings is 1. The van der Waals surface area contributed by atoms with E-state index in [1.54, 1.807) is 6.20 Å². The fourth-order valence-corrected chi connectivity index (χ4v) is 4.29. The van der Waals surface area contributed by atoms with Crippen molar-refractivity contribution in [2.45, 2.75) is 19.3 Å². The zero-order chi connectivity index (χ0) is 20.8. The minimum atomic E-state index is -0.479. The summed E-state index contributed by atoms with van der Waals surface area (Å²) in [6, 6.07) is 6.10. The van der Waals surface area contributed by atoms with Gasteiger partial charge >= 0.3 is 0 Å². The Kier molecular flexibility index (Phi) is 4.12. The third kappa shape index (κ3) is 2.92. The number of fused-ring (bicyclic) bond motifs is 2. The van der Waals surface area contributed by atoms with Crippen LogP contribution in [-0.4, -0.2) is 48.2 Å². The highest BCUT2D eigenvalue weighted by molar-refractivity contribution is 5.97. The number of aromatic amines is 2. The van der Waals surface area contributed by atoms with E-state index in [-0.39, 0.29) is 5.69 Å². The molecule has 8 nitrogen and oxygen atoms in total. The quantitative estimate of drug-likeness (QED) is 0.461. The minimum absolute atomic E-state index is 0.181. The Labute approximate surface area is 176 Å². The number of hydrogen-bond donors (Lipinski definition) is 2. The Hall–Kier alpha value is -3.88. The smallest absolute Gasteiger partial charge is 0.161 e. The van der Waals surface area contributed by atoms with Gasteiger partial charge in [-0.2, -0.15) is 5.10 Å². The molecule has 0 saturated carbocycles. The normalized spacial score (nSPS) is 14.5. The molecule has 6 rings (SSSR count). The maximum Gasteiger partial charge on any atom is 0.161 e. The number of halogens is 1. The Bertz CT molecular complexity index is 1390. The number of anilines is 1. The molecule has 0 atom stereocenters. The van der Waals surface area contributed by atoms with Gasteiger partial charge in [0.05, 0.1) is 28.3 Å². The van der Waals surface area contributed by atoms with Gasteiger partial charge in [0, 0.05) is 31.0 Å². The predicted molar refractivity (Wildman–Crippen MR) is 116 cm³/mol. The summed E-state index contributed by atoms with van der Waals surface area (Å²) in [6.07, 6.45) is 9.67. The van der Waals surface area contributed by atoms with Crippen molar-refractivity contribution in [1.82, 2.24) is 35.1 Å². The second kappa shape index (κ2) is 7.12. The van der Waals surface area contributed by atoms with E-state index in [9.17, 15) is 0 Å². The molecule has 0 bridgehead atoms. The summed E-state index contributed by atoms with van der Waals surface area (Å²) < 4.78 is 15.5. The number of nitrogens with zero attached hydrogens (tertiary/aromatic N) is 6. The molecule has 0 radical (unpaired) electrons. The summed E-state index contributed by atoms with van der Waals surface area (Å²) in [5, 5.41) is 7.57. The monoisotopic (exact) mass is 414 g/mol. The lowest BCUT2D eigenvalue weighted by molar-refractivity contribution is 0.579. The Balaban J connectivity index is 1.51. The number of para-hydroxylation sites is 1. The van der Waals surface area contributed by atoms with Crippen molar-refractivity contribution >= 4 is 27.6 Å². The van der Waals surface area contributed by atoms with E-state index in [1.165, 1.54) is 38.0 Å². The zero-order valence-electron chi connectivity index (χ0n) is 16.6. The molecule has 1 saturated heterocycles. The highest BCUT2D eigenvalue weighted by Crippen LogP contribution is 2.34. The number of nitrogens with one attached hydrogen (secondary N) is 2. The van der Waals surface area contributed by atoms with E-state index in [0.29, 0.717) is 28.0 Å². The van der Waals surface area contributed by atoms with Crippen LogP contribution in [0, 0.1) is 5.82 Å². The Morgan fingerprint density at radius 3 is 2.61 bits per heavy atom. The van der Waals surface area contributed by atoms with Crippen LogP contribution in [0.3, 0.4) is 0 Å². The molecule has 5 heterocycles. The topological polar surface area (TPSA) is 99.3 Å². The third-order valence-corrected chi connectivity index (χ3v) is 5.79. The van der Waals surface area contributed by atoms with Crippen LogP contribution in [0.15, 0.2) is 43.1 Å². The lowest BCUT2D eigenvalue weighted by atomic mass is 10.1. The Morgan fingerprint density at radius 2 is 1.77 bits per heavy atom. The maximum atomic E-state index is 15.5. The first-order valence-corrected chi connectivity index (χ1v) is 10.3. The van der Waals surface area contributed by atoms with Gasteiger partial charge in [-0.3, -0.25) is 10.1 Å². The van der Waals surface area contributed by atoms with Gasteiger partial charge in [-0.05, 0) is 31.4 Å². The molecule has 2 N–H and O–H groups in total. The van der Waals surface area contributed by atoms with Crippen molar-refractivity contribution in [2.24, 2.45) is 0 Å². The van der Waals surface area contributed by atoms with E-state index in [0.717, 1.165) is 29.8 Å². The van der Waals surface area contributed by atoms with Gasteiger partial charge in [-0.25, -0.2) is 19.3 Å². The summed E-state index contributed by atoms with van der Waals surface area (Å²) >= 11 is 0. The molecule has 0 unspecified atom stereocenters. The minimum Gasteiger partial charge on any atom is -0.370 e. The first-order valence-electron chi connectivity index (χ1n) is 10.3. The molecule has 31 heavy (non-hydrogen) atoms. The van der Waals surface area contributed by atoms with Crippen LogP contribution in [-0.2, 0) is 0 Å². The maximum absolute atomic E-state index is 15.5. The van der Waals surface area contributed by atoms with Crippen LogP contribution < -0.4 is 4.90 Å². The van der Waals surface area contributed by atoms with Crippen molar-refractivity contribution in [2.75, 3.05) is 18.0 Å². The lowest BCUT2D eigenvalue weighted by Gasteiger charge is -2.28. The molecule has 1 fully saturated rings. The number of rotatable bonds is 3. The lowest BCUT2D eigenvalue weighted by Crippen LogP contribution is -2.29. The molecule has 4 aromatic heterocycles. The molecule has 0 aliphatic carbocycles. The predicted octanol–water partition coefficient (Wildman–Crippen LogP) is 4.09. The van der Waals surface area contributed by atoms with Crippen molar-refractivity contribution in [3.8, 4) is 22.8 Å². The first-order chi connectivity index (χ1) is 15.3. The van der Waals surface area contributed by atoms with Crippen LogP contribution >= 0.6 is 0 Å². The van der Waals surface area contributed by atoms with Gasteiger partial charge in [0.1, 0.15) is 23.2 Å². The van der Waals surface area contributed by atoms with Crippen molar-refractivity contribution in [3.05, 3.63) is 48.9 Å². The van der Waals surface area contributed by atoms with E-state index in [1.807, 2.05) is 12.1 Å². The molecule has 154 valence electrons. The first kappa shape index (κ1) is 17.9. The SMILES string of the molecule is Fc1c(-c2cncnc2)ncc2[nH]nc(-c3nc4c(N5CCCCC5)cccc4[nH]3)c12. The van der Waals surface area contributed by atoms with Gasteiger partial charge in [-0.15, -0.1) is 0 Å². The van der Waals surface area contributed by atoms with Crippen molar-refractivity contribution < 1.29 is 4.39 Å². The molecule has 0 amide bonds. The van der Waals surface area contributed by atoms with Crippen molar-refractivity contribution in [3.63, 3.8) is 0 Å². The largest absolute Gasteiger partial charge is 0.370 e. The molecule has 1 aliphatic heterocycles. The highest BCUT2D eigenvalue weighted by atomic mass is 19.1. The summed E-state index contributed by atoms with van der Waals surface area (Å²) in [5.74, 6) is 0.0406. The summed E-state index contributed by atoms with van der Waals surface area (Å²) in [6.45, 7) is 2.05. The van der Waals surface area contributed by atoms with E-state index in [2.05, 4.69) is 41.1 Å². The summed E-state index contributed by atoms with van der Waals surface area (Å²) in [7, 11) is 0. The van der Waals surface area contributed by atoms with Gasteiger partial charge in [0.25, 0.3) is 0 Å². The molecular weight excluding hydrogens is 395 g/mol. The standard InChI is InChI=1S/C22H19FN8/c23-18-17-15(11-26-19(18)13-9-24-12-25-10-13)29-30-21(17)22-27-14-5-4-6-16(20(14)28-22)31-7-2-1-3-8-31/h4-6,9-12H,1-3,7-8H2,(H,27,28)(H,29,30). The number of hydrogen-bond acceptors (Lipinski definition) is 6. The van der Waals surface area contributed by atoms with Crippen LogP contribution in [0.4, 0.5) is 10.1 Å². The number of pyridine rings is 1. The molecule has 5 aromatic rings. The van der Waals surface area contributed by atoms with Gasteiger partial charge in [0.15, 0.2) is 11.6 Å². The average molecular weight is 414 g/mol.